The second kappa shape index (κ2) is 3.13. The second-order valence-electron chi connectivity index (χ2n) is 3.83. The molecule has 1 saturated heterocycles. The SMILES string of the molecule is CC=C1C(=O)NC1SC(C)(C)C. The number of allylic oxidation sites excluding steroid dienone is 1. The van der Waals surface area contributed by atoms with Gasteiger partial charge in [0.25, 0.3) is 5.91 Å². The molecule has 0 aromatic carbocycles. The van der Waals surface area contributed by atoms with E-state index in [2.05, 4.69) is 26.1 Å². The fourth-order valence-electron chi connectivity index (χ4n) is 1.05. The summed E-state index contributed by atoms with van der Waals surface area (Å²) in [6.45, 7) is 8.35. The first-order valence-electron chi connectivity index (χ1n) is 4.09. The number of rotatable bonds is 1. The van der Waals surface area contributed by atoms with Gasteiger partial charge < -0.3 is 5.32 Å². The summed E-state index contributed by atoms with van der Waals surface area (Å²) >= 11 is 1.78. The number of thioether (sulfide) groups is 1. The second-order valence-corrected chi connectivity index (χ2v) is 5.76. The van der Waals surface area contributed by atoms with E-state index in [0.717, 1.165) is 5.57 Å². The molecule has 1 rings (SSSR count). The highest BCUT2D eigenvalue weighted by molar-refractivity contribution is 8.01. The van der Waals surface area contributed by atoms with Crippen molar-refractivity contribution in [2.45, 2.75) is 37.8 Å². The van der Waals surface area contributed by atoms with Crippen LogP contribution in [-0.2, 0) is 4.79 Å². The Kier molecular flexibility index (Phi) is 2.52. The van der Waals surface area contributed by atoms with Gasteiger partial charge in [-0.15, -0.1) is 11.8 Å². The molecule has 1 N–H and O–H groups in total. The molecule has 0 saturated carbocycles. The molecular formula is C9H15NOS. The Morgan fingerprint density at radius 2 is 2.08 bits per heavy atom. The van der Waals surface area contributed by atoms with Crippen molar-refractivity contribution in [3.8, 4) is 0 Å². The smallest absolute Gasteiger partial charge is 0.250 e. The predicted octanol–water partition coefficient (Wildman–Crippen LogP) is 1.92. The van der Waals surface area contributed by atoms with E-state index in [1.807, 2.05) is 13.0 Å². The van der Waals surface area contributed by atoms with Crippen LogP contribution in [0.4, 0.5) is 0 Å². The molecule has 0 bridgehead atoms. The van der Waals surface area contributed by atoms with Crippen LogP contribution in [0.15, 0.2) is 11.6 Å². The number of carbonyl (C=O) groups excluding carboxylic acids is 1. The maximum Gasteiger partial charge on any atom is 0.250 e. The molecular weight excluding hydrogens is 170 g/mol. The summed E-state index contributed by atoms with van der Waals surface area (Å²) in [5, 5.41) is 3.07. The van der Waals surface area contributed by atoms with Crippen LogP contribution in [0, 0.1) is 0 Å². The molecule has 1 unspecified atom stereocenters. The number of amides is 1. The summed E-state index contributed by atoms with van der Waals surface area (Å²) in [5.41, 5.74) is 0.912. The van der Waals surface area contributed by atoms with Crippen molar-refractivity contribution in [1.82, 2.24) is 5.32 Å². The van der Waals surface area contributed by atoms with E-state index in [9.17, 15) is 4.79 Å². The molecule has 68 valence electrons. The van der Waals surface area contributed by atoms with E-state index in [-0.39, 0.29) is 16.0 Å². The van der Waals surface area contributed by atoms with Crippen LogP contribution in [0.25, 0.3) is 0 Å². The Bertz CT molecular complexity index is 227. The summed E-state index contributed by atoms with van der Waals surface area (Å²) in [5.74, 6) is 0.0826. The van der Waals surface area contributed by atoms with Gasteiger partial charge in [-0.2, -0.15) is 0 Å². The van der Waals surface area contributed by atoms with Gasteiger partial charge in [-0.3, -0.25) is 4.79 Å². The van der Waals surface area contributed by atoms with Crippen LogP contribution < -0.4 is 5.32 Å². The van der Waals surface area contributed by atoms with E-state index in [0.29, 0.717) is 0 Å². The number of β-lactam (4-membered cyclic amide) rings is 1. The van der Waals surface area contributed by atoms with Crippen molar-refractivity contribution in [1.29, 1.82) is 0 Å². The quantitative estimate of drug-likeness (QED) is 0.499. The van der Waals surface area contributed by atoms with E-state index in [1.54, 1.807) is 11.8 Å². The molecule has 1 heterocycles. The van der Waals surface area contributed by atoms with Crippen LogP contribution in [0.1, 0.15) is 27.7 Å². The molecule has 1 atom stereocenters. The summed E-state index contributed by atoms with van der Waals surface area (Å²) < 4.78 is 0.201. The lowest BCUT2D eigenvalue weighted by Crippen LogP contribution is -2.50. The lowest BCUT2D eigenvalue weighted by atomic mass is 10.1. The molecule has 2 nitrogen and oxygen atoms in total. The minimum Gasteiger partial charge on any atom is -0.336 e. The number of hydrogen-bond acceptors (Lipinski definition) is 2. The van der Waals surface area contributed by atoms with Crippen molar-refractivity contribution >= 4 is 17.7 Å². The first-order chi connectivity index (χ1) is 5.44. The van der Waals surface area contributed by atoms with Gasteiger partial charge in [0.1, 0.15) is 5.37 Å². The minimum absolute atomic E-state index is 0.0826. The summed E-state index contributed by atoms with van der Waals surface area (Å²) in [4.78, 5) is 11.0. The lowest BCUT2D eigenvalue weighted by molar-refractivity contribution is -0.120. The van der Waals surface area contributed by atoms with E-state index in [1.165, 1.54) is 0 Å². The van der Waals surface area contributed by atoms with Crippen molar-refractivity contribution in [3.63, 3.8) is 0 Å². The lowest BCUT2D eigenvalue weighted by Gasteiger charge is -2.34. The number of nitrogens with one attached hydrogen (secondary N) is 1. The van der Waals surface area contributed by atoms with Crippen LogP contribution in [0.3, 0.4) is 0 Å². The van der Waals surface area contributed by atoms with Crippen LogP contribution in [0.5, 0.6) is 0 Å². The molecule has 0 aromatic heterocycles. The van der Waals surface area contributed by atoms with E-state index < -0.39 is 0 Å². The van der Waals surface area contributed by atoms with Gasteiger partial charge in [0.15, 0.2) is 0 Å². The van der Waals surface area contributed by atoms with Gasteiger partial charge in [0.2, 0.25) is 0 Å². The first kappa shape index (κ1) is 9.65. The number of hydrogen-bond donors (Lipinski definition) is 1. The fourth-order valence-corrected chi connectivity index (χ4v) is 2.29. The Labute approximate surface area is 77.8 Å². The Morgan fingerprint density at radius 3 is 2.42 bits per heavy atom. The van der Waals surface area contributed by atoms with Gasteiger partial charge in [-0.25, -0.2) is 0 Å². The average molecular weight is 185 g/mol. The molecule has 1 aliphatic rings. The van der Waals surface area contributed by atoms with Crippen LogP contribution >= 0.6 is 11.8 Å². The zero-order chi connectivity index (χ0) is 9.35. The van der Waals surface area contributed by atoms with Gasteiger partial charge in [0.05, 0.1) is 0 Å². The Morgan fingerprint density at radius 1 is 1.50 bits per heavy atom. The summed E-state index contributed by atoms with van der Waals surface area (Å²) in [6, 6.07) is 0. The molecule has 0 spiro atoms. The van der Waals surface area contributed by atoms with Gasteiger partial charge in [-0.05, 0) is 6.92 Å². The third-order valence-corrected chi connectivity index (χ3v) is 2.90. The van der Waals surface area contributed by atoms with E-state index >= 15 is 0 Å². The van der Waals surface area contributed by atoms with Gasteiger partial charge in [-0.1, -0.05) is 26.8 Å². The topological polar surface area (TPSA) is 29.1 Å². The first-order valence-corrected chi connectivity index (χ1v) is 4.97. The predicted molar refractivity (Wildman–Crippen MR) is 53.0 cm³/mol. The van der Waals surface area contributed by atoms with E-state index in [4.69, 9.17) is 0 Å². The van der Waals surface area contributed by atoms with Crippen molar-refractivity contribution in [3.05, 3.63) is 11.6 Å². The molecule has 0 aromatic rings. The fraction of sp³-hybridized carbons (Fsp3) is 0.667. The van der Waals surface area contributed by atoms with Gasteiger partial charge >= 0.3 is 0 Å². The zero-order valence-electron chi connectivity index (χ0n) is 7.97. The minimum atomic E-state index is 0.0826. The molecule has 1 amide bonds. The normalized spacial score (nSPS) is 26.8. The third kappa shape index (κ3) is 2.03. The Balaban J connectivity index is 2.53. The zero-order valence-corrected chi connectivity index (χ0v) is 8.79. The van der Waals surface area contributed by atoms with Crippen LogP contribution in [0.2, 0.25) is 0 Å². The average Bonchev–Trinajstić information content (AvgIpc) is 1.84. The maximum atomic E-state index is 11.0. The molecule has 0 radical (unpaired) electrons. The van der Waals surface area contributed by atoms with Gasteiger partial charge in [0, 0.05) is 10.3 Å². The highest BCUT2D eigenvalue weighted by Gasteiger charge is 2.35. The summed E-state index contributed by atoms with van der Waals surface area (Å²) in [6.07, 6.45) is 1.89. The standard InChI is InChI=1S/C9H15NOS/c1-5-6-7(11)10-8(6)12-9(2,3)4/h5,8H,1-4H3,(H,10,11). The molecule has 1 fully saturated rings. The van der Waals surface area contributed by atoms with Crippen LogP contribution in [-0.4, -0.2) is 16.0 Å². The Hall–Kier alpha value is -0.440. The molecule has 1 aliphatic heterocycles. The largest absolute Gasteiger partial charge is 0.336 e. The molecule has 3 heteroatoms. The molecule has 12 heavy (non-hydrogen) atoms. The maximum absolute atomic E-state index is 11.0. The highest BCUT2D eigenvalue weighted by atomic mass is 32.2. The third-order valence-electron chi connectivity index (χ3n) is 1.59. The summed E-state index contributed by atoms with van der Waals surface area (Å²) in [7, 11) is 0. The highest BCUT2D eigenvalue weighted by Crippen LogP contribution is 2.34. The van der Waals surface area contributed by atoms with Crippen molar-refractivity contribution in [2.75, 3.05) is 0 Å². The molecule has 0 aliphatic carbocycles. The van der Waals surface area contributed by atoms with Crippen molar-refractivity contribution < 1.29 is 4.79 Å². The monoisotopic (exact) mass is 185 g/mol. The van der Waals surface area contributed by atoms with Crippen molar-refractivity contribution in [2.24, 2.45) is 0 Å². The number of carbonyl (C=O) groups is 1.